The lowest BCUT2D eigenvalue weighted by atomic mass is 10.1. The van der Waals surface area contributed by atoms with Crippen LogP contribution >= 0.6 is 11.3 Å². The number of rotatable bonds is 6. The number of anilines is 1. The van der Waals surface area contributed by atoms with E-state index < -0.39 is 0 Å². The fourth-order valence-corrected chi connectivity index (χ4v) is 3.07. The van der Waals surface area contributed by atoms with Gasteiger partial charge in [-0.2, -0.15) is 0 Å². The summed E-state index contributed by atoms with van der Waals surface area (Å²) in [4.78, 5) is 18.3. The van der Waals surface area contributed by atoms with Gasteiger partial charge >= 0.3 is 5.97 Å². The van der Waals surface area contributed by atoms with Crippen molar-refractivity contribution in [3.63, 3.8) is 0 Å². The quantitative estimate of drug-likeness (QED) is 0.818. The number of carbonyl (C=O) groups excluding carboxylic acids is 1. The van der Waals surface area contributed by atoms with Crippen LogP contribution in [0.5, 0.6) is 0 Å². The molecule has 1 N–H and O–H groups in total. The third-order valence-electron chi connectivity index (χ3n) is 3.55. The Balaban J connectivity index is 1.80. The van der Waals surface area contributed by atoms with Gasteiger partial charge in [0.05, 0.1) is 6.61 Å². The Morgan fingerprint density at radius 2 is 2.25 bits per heavy atom. The molecule has 0 radical (unpaired) electrons. The molecule has 2 heterocycles. The summed E-state index contributed by atoms with van der Waals surface area (Å²) in [5.41, 5.74) is 0.393. The summed E-state index contributed by atoms with van der Waals surface area (Å²) < 4.78 is 4.93. The first kappa shape index (κ1) is 15.3. The van der Waals surface area contributed by atoms with Crippen molar-refractivity contribution in [1.29, 1.82) is 0 Å². The topological polar surface area (TPSA) is 54.5 Å². The molecular weight excluding hydrogens is 274 g/mol. The molecule has 1 saturated heterocycles. The van der Waals surface area contributed by atoms with E-state index in [9.17, 15) is 4.79 Å². The van der Waals surface area contributed by atoms with Gasteiger partial charge in [0.1, 0.15) is 0 Å². The van der Waals surface area contributed by atoms with Crippen LogP contribution in [0.3, 0.4) is 0 Å². The molecule has 1 aliphatic rings. The Morgan fingerprint density at radius 3 is 2.95 bits per heavy atom. The summed E-state index contributed by atoms with van der Waals surface area (Å²) in [6, 6.07) is 0.491. The zero-order valence-corrected chi connectivity index (χ0v) is 13.0. The van der Waals surface area contributed by atoms with Crippen molar-refractivity contribution in [3.05, 3.63) is 11.1 Å². The zero-order chi connectivity index (χ0) is 14.4. The number of carbonyl (C=O) groups is 1. The van der Waals surface area contributed by atoms with Gasteiger partial charge in [0.15, 0.2) is 10.8 Å². The minimum atomic E-state index is -0.346. The van der Waals surface area contributed by atoms with Crippen LogP contribution in [0.2, 0.25) is 0 Å². The van der Waals surface area contributed by atoms with E-state index in [1.807, 2.05) is 0 Å². The van der Waals surface area contributed by atoms with Crippen molar-refractivity contribution in [2.75, 3.05) is 31.6 Å². The fourth-order valence-electron chi connectivity index (χ4n) is 2.38. The monoisotopic (exact) mass is 297 g/mol. The van der Waals surface area contributed by atoms with Gasteiger partial charge in [0, 0.05) is 18.0 Å². The second-order valence-corrected chi connectivity index (χ2v) is 5.94. The highest BCUT2D eigenvalue weighted by Gasteiger charge is 2.17. The molecule has 0 saturated carbocycles. The summed E-state index contributed by atoms with van der Waals surface area (Å²) >= 11 is 1.45. The zero-order valence-electron chi connectivity index (χ0n) is 12.2. The minimum Gasteiger partial charge on any atom is -0.461 e. The summed E-state index contributed by atoms with van der Waals surface area (Å²) in [6.07, 6.45) is 3.95. The van der Waals surface area contributed by atoms with Gasteiger partial charge in [-0.15, -0.1) is 11.3 Å². The number of aromatic nitrogens is 1. The lowest BCUT2D eigenvalue weighted by Gasteiger charge is -2.32. The molecule has 1 unspecified atom stereocenters. The molecule has 6 heteroatoms. The van der Waals surface area contributed by atoms with Gasteiger partial charge in [0.2, 0.25) is 0 Å². The molecule has 1 atom stereocenters. The van der Waals surface area contributed by atoms with E-state index in [2.05, 4.69) is 22.1 Å². The number of likely N-dealkylation sites (tertiary alicyclic amines) is 1. The Morgan fingerprint density at radius 1 is 1.50 bits per heavy atom. The summed E-state index contributed by atoms with van der Waals surface area (Å²) in [7, 11) is 0. The highest BCUT2D eigenvalue weighted by Crippen LogP contribution is 2.17. The Hall–Kier alpha value is -1.14. The normalized spacial score (nSPS) is 17.7. The van der Waals surface area contributed by atoms with E-state index in [1.54, 1.807) is 12.3 Å². The van der Waals surface area contributed by atoms with Crippen LogP contribution < -0.4 is 5.32 Å². The molecule has 0 spiro atoms. The van der Waals surface area contributed by atoms with Crippen LogP contribution in [-0.2, 0) is 4.74 Å². The number of nitrogens with zero attached hydrogens (tertiary/aromatic N) is 2. The summed E-state index contributed by atoms with van der Waals surface area (Å²) in [5, 5.41) is 5.85. The maximum absolute atomic E-state index is 11.5. The van der Waals surface area contributed by atoms with E-state index in [0.717, 1.165) is 11.7 Å². The number of hydrogen-bond acceptors (Lipinski definition) is 6. The molecule has 1 fully saturated rings. The lowest BCUT2D eigenvalue weighted by molar-refractivity contribution is 0.0520. The molecule has 20 heavy (non-hydrogen) atoms. The predicted molar refractivity (Wildman–Crippen MR) is 81.4 cm³/mol. The number of piperidine rings is 1. The van der Waals surface area contributed by atoms with E-state index >= 15 is 0 Å². The number of esters is 1. The fraction of sp³-hybridized carbons (Fsp3) is 0.714. The largest absolute Gasteiger partial charge is 0.461 e. The smallest absolute Gasteiger partial charge is 0.357 e. The molecule has 2 rings (SSSR count). The third kappa shape index (κ3) is 4.18. The SMILES string of the molecule is CCOC(=O)c1csc(NCC(C)N2CCCCC2)n1. The second kappa shape index (κ2) is 7.59. The molecule has 112 valence electrons. The van der Waals surface area contributed by atoms with Crippen LogP contribution in [0.4, 0.5) is 5.13 Å². The van der Waals surface area contributed by atoms with E-state index in [0.29, 0.717) is 18.3 Å². The molecule has 1 aromatic heterocycles. The average Bonchev–Trinajstić information content (AvgIpc) is 2.95. The molecule has 1 aliphatic heterocycles. The van der Waals surface area contributed by atoms with Gasteiger partial charge in [-0.1, -0.05) is 6.42 Å². The van der Waals surface area contributed by atoms with Crippen molar-refractivity contribution < 1.29 is 9.53 Å². The first-order chi connectivity index (χ1) is 9.70. The second-order valence-electron chi connectivity index (χ2n) is 5.08. The maximum atomic E-state index is 11.5. The molecule has 5 nitrogen and oxygen atoms in total. The predicted octanol–water partition coefficient (Wildman–Crippen LogP) is 2.61. The highest BCUT2D eigenvalue weighted by molar-refractivity contribution is 7.13. The number of thiazole rings is 1. The van der Waals surface area contributed by atoms with Gasteiger partial charge in [0.25, 0.3) is 0 Å². The van der Waals surface area contributed by atoms with Crippen molar-refractivity contribution in [3.8, 4) is 0 Å². The van der Waals surface area contributed by atoms with Crippen molar-refractivity contribution in [2.45, 2.75) is 39.2 Å². The van der Waals surface area contributed by atoms with Gasteiger partial charge in [-0.25, -0.2) is 9.78 Å². The number of hydrogen-bond donors (Lipinski definition) is 1. The first-order valence-corrected chi connectivity index (χ1v) is 8.19. The van der Waals surface area contributed by atoms with Crippen LogP contribution in [0.15, 0.2) is 5.38 Å². The first-order valence-electron chi connectivity index (χ1n) is 7.31. The van der Waals surface area contributed by atoms with Crippen molar-refractivity contribution in [1.82, 2.24) is 9.88 Å². The minimum absolute atomic E-state index is 0.346. The van der Waals surface area contributed by atoms with E-state index in [-0.39, 0.29) is 5.97 Å². The molecule has 0 amide bonds. The van der Waals surface area contributed by atoms with Crippen LogP contribution in [0.25, 0.3) is 0 Å². The van der Waals surface area contributed by atoms with Crippen molar-refractivity contribution in [2.24, 2.45) is 0 Å². The van der Waals surface area contributed by atoms with Gasteiger partial charge < -0.3 is 10.1 Å². The van der Waals surface area contributed by atoms with E-state index in [4.69, 9.17) is 4.74 Å². The highest BCUT2D eigenvalue weighted by atomic mass is 32.1. The summed E-state index contributed by atoms with van der Waals surface area (Å²) in [5.74, 6) is -0.346. The maximum Gasteiger partial charge on any atom is 0.357 e. The molecule has 0 aromatic carbocycles. The number of ether oxygens (including phenoxy) is 1. The van der Waals surface area contributed by atoms with E-state index in [1.165, 1.54) is 43.7 Å². The molecule has 0 aliphatic carbocycles. The average molecular weight is 297 g/mol. The third-order valence-corrected chi connectivity index (χ3v) is 4.35. The van der Waals surface area contributed by atoms with Gasteiger partial charge in [-0.05, 0) is 39.8 Å². The van der Waals surface area contributed by atoms with Crippen molar-refractivity contribution >= 4 is 22.4 Å². The summed E-state index contributed by atoms with van der Waals surface area (Å²) in [6.45, 7) is 7.65. The van der Waals surface area contributed by atoms with Crippen LogP contribution in [-0.4, -0.2) is 48.1 Å². The standard InChI is InChI=1S/C14H23N3O2S/c1-3-19-13(18)12-10-20-14(16-12)15-9-11(2)17-7-5-4-6-8-17/h10-11H,3-9H2,1-2H3,(H,15,16). The molecular formula is C14H23N3O2S. The Labute approximate surface area is 124 Å². The van der Waals surface area contributed by atoms with Crippen LogP contribution in [0, 0.1) is 0 Å². The lowest BCUT2D eigenvalue weighted by Crippen LogP contribution is -2.41. The van der Waals surface area contributed by atoms with Crippen LogP contribution in [0.1, 0.15) is 43.6 Å². The Kier molecular flexibility index (Phi) is 5.79. The molecule has 0 bridgehead atoms. The molecule has 1 aromatic rings. The van der Waals surface area contributed by atoms with Gasteiger partial charge in [-0.3, -0.25) is 4.90 Å². The Bertz CT molecular complexity index is 430. The number of nitrogens with one attached hydrogen (secondary N) is 1.